The largest absolute Gasteiger partial charge is 0.726 e. The number of hydrogen-bond donors (Lipinski definition) is 13. The number of aromatic nitrogens is 24. The van der Waals surface area contributed by atoms with Crippen LogP contribution in [-0.2, 0) is 155 Å². The van der Waals surface area contributed by atoms with Gasteiger partial charge in [-0.15, -0.1) is 62.9 Å². The quantitative estimate of drug-likeness (QED) is 0.0147. The van der Waals surface area contributed by atoms with Crippen LogP contribution in [0.4, 0.5) is 8.78 Å². The normalized spacial score (nSPS) is 14.2. The van der Waals surface area contributed by atoms with Crippen molar-refractivity contribution < 1.29 is 73.0 Å². The molecule has 0 radical (unpaired) electrons. The Morgan fingerprint density at radius 3 is 0.973 bits per heavy atom. The maximum absolute atomic E-state index is 12.4. The Morgan fingerprint density at radius 2 is 0.635 bits per heavy atom. The van der Waals surface area contributed by atoms with Gasteiger partial charge in [-0.2, -0.15) is 8.42 Å². The number of hydrazine groups is 8. The van der Waals surface area contributed by atoms with Gasteiger partial charge in [0.1, 0.15) is 13.5 Å². The average Bonchev–Trinajstić information content (AvgIpc) is 1.69. The van der Waals surface area contributed by atoms with E-state index in [0.717, 1.165) is 104 Å². The van der Waals surface area contributed by atoms with E-state index in [9.17, 15) is 30.2 Å². The molecule has 13 N–H and O–H groups in total. The number of rotatable bonds is 58. The zero-order chi connectivity index (χ0) is 106. The van der Waals surface area contributed by atoms with Crippen LogP contribution >= 0.6 is 0 Å². The van der Waals surface area contributed by atoms with E-state index in [1.165, 1.54) is 0 Å². The maximum atomic E-state index is 12.4. The fraction of sp³-hybridized carbons (Fsp3) is 0.600. The molecule has 0 spiro atoms. The molecule has 148 heavy (non-hydrogen) atoms. The molecule has 0 aliphatic carbocycles. The van der Waals surface area contributed by atoms with Crippen molar-refractivity contribution in [3.63, 3.8) is 0 Å². The third kappa shape index (κ3) is 41.8. The van der Waals surface area contributed by atoms with E-state index in [0.29, 0.717) is 169 Å². The maximum Gasteiger partial charge on any atom is 0.397 e. The second-order valence-corrected chi connectivity index (χ2v) is 41.7. The van der Waals surface area contributed by atoms with E-state index in [-0.39, 0.29) is 81.9 Å². The summed E-state index contributed by atoms with van der Waals surface area (Å²) in [5.41, 5.74) is 39.6. The molecule has 0 saturated carbocycles. The molecule has 8 aromatic heterocycles. The van der Waals surface area contributed by atoms with Gasteiger partial charge in [-0.3, -0.25) is 57.2 Å². The van der Waals surface area contributed by atoms with Crippen molar-refractivity contribution in [2.45, 2.75) is 249 Å². The number of benzene rings is 2. The van der Waals surface area contributed by atoms with Gasteiger partial charge >= 0.3 is 10.4 Å². The van der Waals surface area contributed by atoms with Crippen molar-refractivity contribution in [2.75, 3.05) is 105 Å². The molecule has 0 amide bonds. The lowest BCUT2D eigenvalue weighted by Gasteiger charge is -2.30. The molecule has 816 valence electrons. The molecule has 12 heterocycles. The van der Waals surface area contributed by atoms with Crippen LogP contribution in [-0.4, -0.2) is 323 Å². The molecule has 10 aromatic rings. The minimum atomic E-state index is -4.66. The van der Waals surface area contributed by atoms with Crippen molar-refractivity contribution in [1.82, 2.24) is 203 Å². The van der Waals surface area contributed by atoms with Crippen molar-refractivity contribution >= 4 is 20.8 Å². The number of nitrogens with zero attached hydrogens (tertiary/aromatic N) is 32. The van der Waals surface area contributed by atoms with Gasteiger partial charge in [0.2, 0.25) is 10.4 Å². The Balaban J connectivity index is 0.000000189. The van der Waals surface area contributed by atoms with Gasteiger partial charge in [-0.1, -0.05) is 90.2 Å². The standard InChI is InChI=1S/C28H44N10O4S.C27H41FN10.C18H32N10O7S.C17H29FN10O3/c1-27(2,3)37-20-25(30-33-37)17-35(18-26-21-38(34-31-26)28(4,5)6)16-24-19-36(32-29-24)15-23-12-10-22(11-13-23)9-7-8-14-42-43(39,40)41;1-26(2,3)37-19-24(30-33-37)16-35(17-25-20-38(34-31-25)27(4,5)6)15-23-18-36(32-29-23)14-22-11-9-21(10-12-22)8-7-13-28;29-5-3-26-12-16(19-22-26)9-25(10-17-13-27(4-6-30)23-20-17)11-18-14-28(24-21-18)15-34-7-1-2-8-35-36(31,32)33;18-2-1-7-31-14-28-13-17(21-24-28)10-25(8-15-11-26(3-5-29)22-19-15)9-16-12-27(4-6-30)23-20-16/h10-13,19-21,30,33H,7-9,14-18H2,1-6H3,(H,39,40,41);9-12,18-20,30,33H,7-8,13-17H2,1-6H3;12-14,19,22,29-30H,1-11,15H2,(H,31,32,33);11-13,19,22,29-30H,1-10,14H2/p-1. The van der Waals surface area contributed by atoms with Gasteiger partial charge in [-0.25, -0.2) is 50.1 Å². The van der Waals surface area contributed by atoms with E-state index < -0.39 is 27.5 Å². The lowest BCUT2D eigenvalue weighted by Crippen LogP contribution is -2.47. The summed E-state index contributed by atoms with van der Waals surface area (Å²) in [6.45, 7) is 35.3. The van der Waals surface area contributed by atoms with Crippen LogP contribution in [0.3, 0.4) is 0 Å². The minimum Gasteiger partial charge on any atom is -0.726 e. The summed E-state index contributed by atoms with van der Waals surface area (Å²) >= 11 is 0. The van der Waals surface area contributed by atoms with E-state index in [4.69, 9.17) is 34.5 Å². The fourth-order valence-corrected chi connectivity index (χ4v) is 15.5. The van der Waals surface area contributed by atoms with E-state index >= 15 is 0 Å². The first-order valence-corrected chi connectivity index (χ1v) is 51.5. The van der Waals surface area contributed by atoms with Crippen LogP contribution in [0.2, 0.25) is 0 Å². The Morgan fingerprint density at radius 1 is 0.338 bits per heavy atom. The Hall–Kier alpha value is -12.0. The zero-order valence-electron chi connectivity index (χ0n) is 86.2. The van der Waals surface area contributed by atoms with E-state index in [2.05, 4.69) is 308 Å². The number of β-amino-alcohol motifs (C(OH)–C–C–N with tert-alkyl or cyclic N) is 2. The molecule has 2 aromatic carbocycles. The number of aliphatic hydroxyl groups is 4. The molecule has 54 nitrogen and oxygen atoms in total. The molecule has 0 saturated heterocycles. The summed E-state index contributed by atoms with van der Waals surface area (Å²) in [6.07, 6.45) is 27.7. The highest BCUT2D eigenvalue weighted by Gasteiger charge is 2.30. The first kappa shape index (κ1) is 116. The summed E-state index contributed by atoms with van der Waals surface area (Å²) in [7, 11) is -9.03. The third-order valence-corrected chi connectivity index (χ3v) is 23.1. The number of aryl methyl sites for hydroxylation is 2. The molecule has 4 aliphatic rings. The molecule has 4 aliphatic heterocycles. The van der Waals surface area contributed by atoms with Crippen LogP contribution < -0.4 is 43.8 Å². The van der Waals surface area contributed by atoms with Gasteiger partial charge in [0.05, 0.1) is 215 Å². The predicted octanol–water partition coefficient (Wildman–Crippen LogP) is 1.93. The summed E-state index contributed by atoms with van der Waals surface area (Å²) in [6, 6.07) is 16.5. The second-order valence-electron chi connectivity index (χ2n) is 39.6. The van der Waals surface area contributed by atoms with Crippen LogP contribution in [0.25, 0.3) is 0 Å². The highest BCUT2D eigenvalue weighted by Crippen LogP contribution is 2.24. The molecular formula is C90H145F2N40O14S2-. The van der Waals surface area contributed by atoms with Gasteiger partial charge < -0.3 is 56.2 Å². The first-order chi connectivity index (χ1) is 70.7. The topological polar surface area (TPSA) is 597 Å². The van der Waals surface area contributed by atoms with Crippen LogP contribution in [0.15, 0.2) is 146 Å². The predicted molar refractivity (Wildman–Crippen MR) is 532 cm³/mol. The van der Waals surface area contributed by atoms with E-state index in [1.54, 1.807) is 53.5 Å². The highest BCUT2D eigenvalue weighted by atomic mass is 32.3. The molecule has 0 bridgehead atoms. The smallest absolute Gasteiger partial charge is 0.397 e. The van der Waals surface area contributed by atoms with Crippen molar-refractivity contribution in [3.05, 3.63) is 213 Å². The lowest BCUT2D eigenvalue weighted by atomic mass is 10.1. The molecule has 58 heteroatoms. The van der Waals surface area contributed by atoms with Crippen LogP contribution in [0, 0.1) is 0 Å². The summed E-state index contributed by atoms with van der Waals surface area (Å²) in [5, 5.41) is 112. The number of unbranched alkanes of at least 4 members (excludes halogenated alkanes) is 2. The second kappa shape index (κ2) is 57.1. The van der Waals surface area contributed by atoms with Crippen LogP contribution in [0.1, 0.15) is 189 Å². The number of alkyl halides is 2. The number of halogens is 2. The summed E-state index contributed by atoms with van der Waals surface area (Å²) < 4.78 is 119. The molecular weight excluding hydrogens is 1970 g/mol. The van der Waals surface area contributed by atoms with Gasteiger partial charge in [0, 0.05) is 133 Å². The van der Waals surface area contributed by atoms with Crippen molar-refractivity contribution in [1.29, 1.82) is 0 Å². The summed E-state index contributed by atoms with van der Waals surface area (Å²) in [5.74, 6) is 0. The van der Waals surface area contributed by atoms with Gasteiger partial charge in [0.15, 0.2) is 0 Å². The number of nitrogens with one attached hydrogen (secondary N) is 8. The minimum absolute atomic E-state index is 0.00775. The molecule has 0 fully saturated rings. The van der Waals surface area contributed by atoms with E-state index in [1.807, 2.05) is 55.9 Å². The van der Waals surface area contributed by atoms with Gasteiger partial charge in [0.25, 0.3) is 0 Å². The Labute approximate surface area is 860 Å². The Kier molecular flexibility index (Phi) is 44.8. The van der Waals surface area contributed by atoms with Crippen molar-refractivity contribution in [2.24, 2.45) is 0 Å². The summed E-state index contributed by atoms with van der Waals surface area (Å²) in [4.78, 5) is 8.72. The zero-order valence-corrected chi connectivity index (χ0v) is 87.8. The number of hydrogen-bond acceptors (Lipinski definition) is 45. The fourth-order valence-electron chi connectivity index (χ4n) is 14.8. The molecule has 0 unspecified atom stereocenters. The SMILES string of the molecule is CC(C)(C)N1C=C(CN(Cc2cn(Cc3ccc(CCCCOS(=O)(=O)O)cc3)nn2)Cc2cn(C(C)(C)C)nn2)NN1.CC(C)(C)N1C=C(CN(Cc2cn(Cc3ccc(CCCF)cc3)nn2)Cc2cn(C(C)(C)C)nn2)NN1.O=S(=O)([O-])OCCCCOCn1cc(CN(CC2=CN(CCO)NN2)Cc2cn(CCO)nn2)nn1.OCCN1C=C(CN(Cc2cn(CCO)nn2)Cc2cn(COCCCF)nn2)NN1. The Bertz CT molecular complexity index is 5960. The third-order valence-electron chi connectivity index (χ3n) is 22.2. The van der Waals surface area contributed by atoms with Crippen LogP contribution in [0.5, 0.6) is 0 Å². The van der Waals surface area contributed by atoms with Crippen molar-refractivity contribution in [3.8, 4) is 0 Å². The molecule has 14 rings (SSSR count). The number of ether oxygens (including phenoxy) is 2. The highest BCUT2D eigenvalue weighted by molar-refractivity contribution is 7.81. The lowest BCUT2D eigenvalue weighted by molar-refractivity contribution is 0.0627. The monoisotopic (exact) mass is 2110 g/mol. The first-order valence-electron chi connectivity index (χ1n) is 48.8. The average molecular weight is 2110 g/mol. The number of aliphatic hydroxyl groups excluding tert-OH is 4. The molecule has 0 atom stereocenters. The van der Waals surface area contributed by atoms with Gasteiger partial charge in [-0.05, 0) is 157 Å².